The lowest BCUT2D eigenvalue weighted by Gasteiger charge is -2.15. The third kappa shape index (κ3) is 2.96. The van der Waals surface area contributed by atoms with Crippen molar-refractivity contribution in [2.24, 2.45) is 0 Å². The zero-order valence-corrected chi connectivity index (χ0v) is 11.8. The van der Waals surface area contributed by atoms with Crippen molar-refractivity contribution in [3.8, 4) is 0 Å². The van der Waals surface area contributed by atoms with Crippen LogP contribution in [-0.4, -0.2) is 28.2 Å². The van der Waals surface area contributed by atoms with Gasteiger partial charge in [0.15, 0.2) is 13.3 Å². The topological polar surface area (TPSA) is 58.0 Å². The number of nitrogens with one attached hydrogen (secondary N) is 1. The standard InChI is InChI=1S/C12H14ClN3OP/c1-18(2,17)11-6-4-3-5-10(11)16-12-9(13)7-14-8-15-12/h3-8,17H,1-2H3,(H,14,15,16)/q+1. The average Bonchev–Trinajstić information content (AvgIpc) is 2.31. The van der Waals surface area contributed by atoms with Gasteiger partial charge in [0, 0.05) is 0 Å². The number of hydrogen-bond acceptors (Lipinski definition) is 4. The van der Waals surface area contributed by atoms with Crippen molar-refractivity contribution < 1.29 is 4.89 Å². The van der Waals surface area contributed by atoms with Gasteiger partial charge in [0.1, 0.15) is 16.7 Å². The third-order valence-electron chi connectivity index (χ3n) is 2.41. The van der Waals surface area contributed by atoms with E-state index in [0.717, 1.165) is 11.0 Å². The van der Waals surface area contributed by atoms with Crippen molar-refractivity contribution in [1.82, 2.24) is 9.97 Å². The number of hydrogen-bond donors (Lipinski definition) is 2. The molecular weight excluding hydrogens is 269 g/mol. The zero-order valence-electron chi connectivity index (χ0n) is 10.1. The molecule has 0 aliphatic carbocycles. The van der Waals surface area contributed by atoms with Gasteiger partial charge in [-0.05, 0) is 12.1 Å². The quantitative estimate of drug-likeness (QED) is 0.850. The van der Waals surface area contributed by atoms with Crippen molar-refractivity contribution in [3.63, 3.8) is 0 Å². The summed E-state index contributed by atoms with van der Waals surface area (Å²) in [6.45, 7) is 3.68. The minimum atomic E-state index is -2.11. The predicted octanol–water partition coefficient (Wildman–Crippen LogP) is 2.68. The molecule has 6 heteroatoms. The molecule has 0 spiro atoms. The maximum atomic E-state index is 10.2. The van der Waals surface area contributed by atoms with E-state index in [0.29, 0.717) is 10.8 Å². The maximum Gasteiger partial charge on any atom is 0.170 e. The smallest absolute Gasteiger partial charge is 0.170 e. The molecule has 0 aliphatic heterocycles. The fraction of sp³-hybridized carbons (Fsp3) is 0.167. The minimum Gasteiger partial charge on any atom is -0.336 e. The second kappa shape index (κ2) is 5.19. The largest absolute Gasteiger partial charge is 0.336 e. The van der Waals surface area contributed by atoms with Crippen molar-refractivity contribution in [2.75, 3.05) is 18.6 Å². The molecule has 0 aliphatic rings. The summed E-state index contributed by atoms with van der Waals surface area (Å²) in [5, 5.41) is 4.47. The highest BCUT2D eigenvalue weighted by Crippen LogP contribution is 2.46. The summed E-state index contributed by atoms with van der Waals surface area (Å²) in [5.74, 6) is 0.535. The molecule has 2 aromatic rings. The summed E-state index contributed by atoms with van der Waals surface area (Å²) >= 11 is 6.00. The molecule has 94 valence electrons. The van der Waals surface area contributed by atoms with Crippen LogP contribution in [-0.2, 0) is 0 Å². The van der Waals surface area contributed by atoms with Gasteiger partial charge in [0.25, 0.3) is 0 Å². The van der Waals surface area contributed by atoms with Gasteiger partial charge in [-0.3, -0.25) is 0 Å². The second-order valence-corrected chi connectivity index (χ2v) is 7.93. The van der Waals surface area contributed by atoms with Crippen molar-refractivity contribution >= 4 is 35.9 Å². The third-order valence-corrected chi connectivity index (χ3v) is 4.26. The van der Waals surface area contributed by atoms with Crippen LogP contribution in [0.1, 0.15) is 0 Å². The van der Waals surface area contributed by atoms with Gasteiger partial charge in [-0.1, -0.05) is 23.7 Å². The molecule has 0 saturated carbocycles. The first-order valence-corrected chi connectivity index (χ1v) is 8.39. The molecule has 1 aromatic carbocycles. The van der Waals surface area contributed by atoms with E-state index in [1.165, 1.54) is 12.5 Å². The van der Waals surface area contributed by atoms with Gasteiger partial charge >= 0.3 is 0 Å². The number of anilines is 2. The molecule has 0 unspecified atom stereocenters. The first-order chi connectivity index (χ1) is 8.48. The Balaban J connectivity index is 2.39. The molecule has 0 fully saturated rings. The van der Waals surface area contributed by atoms with Gasteiger partial charge in [-0.15, -0.1) is 0 Å². The van der Waals surface area contributed by atoms with Crippen LogP contribution in [0.2, 0.25) is 5.02 Å². The Morgan fingerprint density at radius 1 is 1.28 bits per heavy atom. The highest BCUT2D eigenvalue weighted by atomic mass is 35.5. The zero-order chi connectivity index (χ0) is 13.2. The molecule has 2 rings (SSSR count). The Morgan fingerprint density at radius 3 is 2.67 bits per heavy atom. The van der Waals surface area contributed by atoms with Crippen molar-refractivity contribution in [1.29, 1.82) is 0 Å². The fourth-order valence-corrected chi connectivity index (χ4v) is 2.91. The lowest BCUT2D eigenvalue weighted by molar-refractivity contribution is 0.625. The molecule has 4 nitrogen and oxygen atoms in total. The Morgan fingerprint density at radius 2 is 2.00 bits per heavy atom. The summed E-state index contributed by atoms with van der Waals surface area (Å²) in [4.78, 5) is 18.1. The van der Waals surface area contributed by atoms with E-state index >= 15 is 0 Å². The number of halogens is 1. The van der Waals surface area contributed by atoms with Crippen LogP contribution in [0.3, 0.4) is 0 Å². The predicted molar refractivity (Wildman–Crippen MR) is 77.4 cm³/mol. The van der Waals surface area contributed by atoms with Crippen LogP contribution >= 0.6 is 19.1 Å². The number of benzene rings is 1. The highest BCUT2D eigenvalue weighted by molar-refractivity contribution is 7.76. The Bertz CT molecular complexity index is 557. The molecule has 1 aromatic heterocycles. The Labute approximate surface area is 111 Å². The summed E-state index contributed by atoms with van der Waals surface area (Å²) in [6.07, 6.45) is 2.95. The summed E-state index contributed by atoms with van der Waals surface area (Å²) < 4.78 is 0. The second-order valence-electron chi connectivity index (χ2n) is 4.26. The number of para-hydroxylation sites is 1. The molecule has 0 bridgehead atoms. The summed E-state index contributed by atoms with van der Waals surface area (Å²) in [5.41, 5.74) is 0.818. The Kier molecular flexibility index (Phi) is 3.81. The minimum absolute atomic E-state index is 0.446. The van der Waals surface area contributed by atoms with Gasteiger partial charge in [0.2, 0.25) is 0 Å². The molecular formula is C12H14ClN3OP+. The van der Waals surface area contributed by atoms with Crippen LogP contribution < -0.4 is 10.6 Å². The monoisotopic (exact) mass is 282 g/mol. The van der Waals surface area contributed by atoms with Gasteiger partial charge < -0.3 is 5.32 Å². The van der Waals surface area contributed by atoms with E-state index in [-0.39, 0.29) is 0 Å². The van der Waals surface area contributed by atoms with Crippen LogP contribution in [0.15, 0.2) is 36.8 Å². The lowest BCUT2D eigenvalue weighted by Crippen LogP contribution is -2.13. The van der Waals surface area contributed by atoms with E-state index in [1.807, 2.05) is 37.6 Å². The summed E-state index contributed by atoms with van der Waals surface area (Å²) in [7, 11) is -2.11. The van der Waals surface area contributed by atoms with Crippen molar-refractivity contribution in [2.45, 2.75) is 0 Å². The van der Waals surface area contributed by atoms with Gasteiger partial charge in [-0.2, -0.15) is 0 Å². The highest BCUT2D eigenvalue weighted by Gasteiger charge is 2.28. The van der Waals surface area contributed by atoms with Crippen LogP contribution in [0, 0.1) is 0 Å². The average molecular weight is 283 g/mol. The molecule has 0 atom stereocenters. The fourth-order valence-electron chi connectivity index (χ4n) is 1.59. The van der Waals surface area contributed by atoms with Crippen LogP contribution in [0.4, 0.5) is 11.5 Å². The molecule has 18 heavy (non-hydrogen) atoms. The molecule has 2 N–H and O–H groups in total. The van der Waals surface area contributed by atoms with Gasteiger partial charge in [0.05, 0.1) is 25.2 Å². The Hall–Kier alpha value is -1.22. The first kappa shape index (κ1) is 13.2. The van der Waals surface area contributed by atoms with Gasteiger partial charge in [-0.25, -0.2) is 14.9 Å². The lowest BCUT2D eigenvalue weighted by atomic mass is 10.3. The number of rotatable bonds is 3. The normalized spacial score (nSPS) is 11.3. The van der Waals surface area contributed by atoms with E-state index in [4.69, 9.17) is 11.6 Å². The molecule has 0 saturated heterocycles. The SMILES string of the molecule is C[P+](C)(O)c1ccccc1Nc1ncncc1Cl. The summed E-state index contributed by atoms with van der Waals surface area (Å²) in [6, 6.07) is 7.60. The van der Waals surface area contributed by atoms with Crippen LogP contribution in [0.5, 0.6) is 0 Å². The maximum absolute atomic E-state index is 10.2. The van der Waals surface area contributed by atoms with E-state index in [9.17, 15) is 4.89 Å². The van der Waals surface area contributed by atoms with E-state index in [1.54, 1.807) is 0 Å². The number of nitrogens with zero attached hydrogens (tertiary/aromatic N) is 2. The number of aromatic nitrogens is 2. The van der Waals surface area contributed by atoms with Crippen LogP contribution in [0.25, 0.3) is 0 Å². The first-order valence-electron chi connectivity index (χ1n) is 5.37. The van der Waals surface area contributed by atoms with E-state index < -0.39 is 7.49 Å². The van der Waals surface area contributed by atoms with E-state index in [2.05, 4.69) is 15.3 Å². The molecule has 0 amide bonds. The van der Waals surface area contributed by atoms with Crippen molar-refractivity contribution in [3.05, 3.63) is 41.8 Å². The molecule has 1 heterocycles. The molecule has 0 radical (unpaired) electrons.